The van der Waals surface area contributed by atoms with E-state index < -0.39 is 16.0 Å². The molecule has 7 heteroatoms. The maximum atomic E-state index is 12.2. The van der Waals surface area contributed by atoms with Crippen molar-refractivity contribution in [3.05, 3.63) is 18.0 Å². The molecule has 1 aromatic rings. The fourth-order valence-corrected chi connectivity index (χ4v) is 3.81. The van der Waals surface area contributed by atoms with Crippen molar-refractivity contribution in [2.75, 3.05) is 0 Å². The SMILES string of the molecule is CC1CCC(NS(=O)(=O)c2c[nH]c(C(=O)O)c2)C1C. The quantitative estimate of drug-likeness (QED) is 0.779. The second-order valence-corrected chi connectivity index (χ2v) is 6.91. The van der Waals surface area contributed by atoms with Crippen LogP contribution in [0.1, 0.15) is 37.2 Å². The first-order valence-electron chi connectivity index (χ1n) is 6.25. The summed E-state index contributed by atoms with van der Waals surface area (Å²) < 4.78 is 27.0. The Kier molecular flexibility index (Phi) is 3.69. The Bertz CT molecular complexity index is 578. The molecular formula is C12H18N2O4S. The van der Waals surface area contributed by atoms with Gasteiger partial charge in [-0.2, -0.15) is 0 Å². The van der Waals surface area contributed by atoms with Crippen LogP contribution in [0.15, 0.2) is 17.2 Å². The maximum absolute atomic E-state index is 12.2. The summed E-state index contributed by atoms with van der Waals surface area (Å²) in [6, 6.07) is 1.05. The van der Waals surface area contributed by atoms with Gasteiger partial charge >= 0.3 is 5.97 Å². The molecule has 2 rings (SSSR count). The Morgan fingerprint density at radius 1 is 1.42 bits per heavy atom. The molecule has 1 fully saturated rings. The lowest BCUT2D eigenvalue weighted by Crippen LogP contribution is -2.37. The number of carbonyl (C=O) groups is 1. The molecule has 1 aliphatic carbocycles. The van der Waals surface area contributed by atoms with E-state index in [1.807, 2.05) is 6.92 Å². The Balaban J connectivity index is 2.16. The largest absolute Gasteiger partial charge is 0.477 e. The van der Waals surface area contributed by atoms with Gasteiger partial charge in [-0.05, 0) is 30.7 Å². The van der Waals surface area contributed by atoms with Gasteiger partial charge in [-0.25, -0.2) is 17.9 Å². The molecule has 1 aromatic heterocycles. The highest BCUT2D eigenvalue weighted by Gasteiger charge is 2.33. The lowest BCUT2D eigenvalue weighted by atomic mass is 9.98. The highest BCUT2D eigenvalue weighted by atomic mass is 32.2. The second kappa shape index (κ2) is 4.97. The van der Waals surface area contributed by atoms with Crippen LogP contribution in [0.5, 0.6) is 0 Å². The molecule has 0 radical (unpaired) electrons. The first kappa shape index (κ1) is 14.1. The van der Waals surface area contributed by atoms with E-state index in [2.05, 4.69) is 16.6 Å². The number of carboxylic acid groups (broad SMARTS) is 1. The molecule has 0 aliphatic heterocycles. The third-order valence-electron chi connectivity index (χ3n) is 3.97. The standard InChI is InChI=1S/C12H18N2O4S/c1-7-3-4-10(8(7)2)14-19(17,18)9-5-11(12(15)16)13-6-9/h5-8,10,13-14H,3-4H2,1-2H3,(H,15,16). The third kappa shape index (κ3) is 2.82. The summed E-state index contributed by atoms with van der Waals surface area (Å²) in [7, 11) is -3.66. The Labute approximate surface area is 112 Å². The molecule has 1 aliphatic rings. The van der Waals surface area contributed by atoms with Gasteiger partial charge in [-0.3, -0.25) is 0 Å². The van der Waals surface area contributed by atoms with Crippen molar-refractivity contribution in [2.45, 2.75) is 37.6 Å². The minimum absolute atomic E-state index is 0.0309. The molecule has 0 bridgehead atoms. The Hall–Kier alpha value is -1.34. The van der Waals surface area contributed by atoms with Crippen LogP contribution in [-0.4, -0.2) is 30.5 Å². The van der Waals surface area contributed by atoms with Gasteiger partial charge in [0.1, 0.15) is 10.6 Å². The van der Waals surface area contributed by atoms with Crippen molar-refractivity contribution in [1.29, 1.82) is 0 Å². The zero-order valence-corrected chi connectivity index (χ0v) is 11.7. The summed E-state index contributed by atoms with van der Waals surface area (Å²) in [5, 5.41) is 8.78. The van der Waals surface area contributed by atoms with Gasteiger partial charge in [0.05, 0.1) is 0 Å². The number of hydrogen-bond acceptors (Lipinski definition) is 3. The van der Waals surface area contributed by atoms with E-state index >= 15 is 0 Å². The number of carboxylic acids is 1. The van der Waals surface area contributed by atoms with E-state index in [0.29, 0.717) is 5.92 Å². The van der Waals surface area contributed by atoms with Crippen LogP contribution in [0.4, 0.5) is 0 Å². The molecule has 1 heterocycles. The molecule has 3 N–H and O–H groups in total. The van der Waals surface area contributed by atoms with Gasteiger partial charge < -0.3 is 10.1 Å². The van der Waals surface area contributed by atoms with Gasteiger partial charge in [0.25, 0.3) is 0 Å². The molecule has 6 nitrogen and oxygen atoms in total. The van der Waals surface area contributed by atoms with Gasteiger partial charge in [0.15, 0.2) is 0 Å². The molecule has 3 atom stereocenters. The minimum Gasteiger partial charge on any atom is -0.477 e. The molecule has 3 unspecified atom stereocenters. The van der Waals surface area contributed by atoms with Gasteiger partial charge in [0, 0.05) is 12.2 Å². The van der Waals surface area contributed by atoms with E-state index in [1.54, 1.807) is 0 Å². The van der Waals surface area contributed by atoms with E-state index in [9.17, 15) is 13.2 Å². The number of hydrogen-bond donors (Lipinski definition) is 3. The molecule has 19 heavy (non-hydrogen) atoms. The summed E-state index contributed by atoms with van der Waals surface area (Å²) in [5.41, 5.74) is -0.131. The summed E-state index contributed by atoms with van der Waals surface area (Å²) in [5.74, 6) is -0.398. The fourth-order valence-electron chi connectivity index (χ4n) is 2.45. The Morgan fingerprint density at radius 3 is 2.58 bits per heavy atom. The zero-order chi connectivity index (χ0) is 14.2. The number of rotatable bonds is 4. The van der Waals surface area contributed by atoms with Crippen molar-refractivity contribution in [2.24, 2.45) is 11.8 Å². The average molecular weight is 286 g/mol. The first-order valence-corrected chi connectivity index (χ1v) is 7.73. The number of nitrogens with one attached hydrogen (secondary N) is 2. The normalized spacial score (nSPS) is 27.6. The summed E-state index contributed by atoms with van der Waals surface area (Å²) in [6.07, 6.45) is 3.02. The van der Waals surface area contributed by atoms with Crippen molar-refractivity contribution >= 4 is 16.0 Å². The van der Waals surface area contributed by atoms with Crippen LogP contribution in [0, 0.1) is 11.8 Å². The predicted molar refractivity (Wildman–Crippen MR) is 69.4 cm³/mol. The van der Waals surface area contributed by atoms with E-state index in [4.69, 9.17) is 5.11 Å². The summed E-state index contributed by atoms with van der Waals surface area (Å²) in [6.45, 7) is 4.14. The summed E-state index contributed by atoms with van der Waals surface area (Å²) >= 11 is 0. The van der Waals surface area contributed by atoms with Gasteiger partial charge in [0.2, 0.25) is 10.0 Å². The number of sulfonamides is 1. The van der Waals surface area contributed by atoms with Gasteiger partial charge in [-0.15, -0.1) is 0 Å². The molecule has 0 amide bonds. The number of aromatic nitrogens is 1. The lowest BCUT2D eigenvalue weighted by molar-refractivity contribution is 0.0691. The average Bonchev–Trinajstić information content (AvgIpc) is 2.92. The van der Waals surface area contributed by atoms with Crippen molar-refractivity contribution in [3.63, 3.8) is 0 Å². The van der Waals surface area contributed by atoms with Crippen molar-refractivity contribution in [1.82, 2.24) is 9.71 Å². The predicted octanol–water partition coefficient (Wildman–Crippen LogP) is 1.43. The number of aromatic amines is 1. The smallest absolute Gasteiger partial charge is 0.352 e. The zero-order valence-electron chi connectivity index (χ0n) is 10.9. The molecule has 0 spiro atoms. The number of H-pyrrole nitrogens is 1. The summed E-state index contributed by atoms with van der Waals surface area (Å²) in [4.78, 5) is 13.1. The fraction of sp³-hybridized carbons (Fsp3) is 0.583. The van der Waals surface area contributed by atoms with Crippen LogP contribution in [0.2, 0.25) is 0 Å². The van der Waals surface area contributed by atoms with Crippen LogP contribution < -0.4 is 4.72 Å². The monoisotopic (exact) mass is 286 g/mol. The molecule has 0 aromatic carbocycles. The number of aromatic carboxylic acids is 1. The third-order valence-corrected chi connectivity index (χ3v) is 5.44. The van der Waals surface area contributed by atoms with Crippen molar-refractivity contribution in [3.8, 4) is 0 Å². The molecule has 0 saturated heterocycles. The Morgan fingerprint density at radius 2 is 2.11 bits per heavy atom. The maximum Gasteiger partial charge on any atom is 0.352 e. The molecule has 1 saturated carbocycles. The van der Waals surface area contributed by atoms with Crippen LogP contribution in [0.3, 0.4) is 0 Å². The van der Waals surface area contributed by atoms with Crippen molar-refractivity contribution < 1.29 is 18.3 Å². The van der Waals surface area contributed by atoms with E-state index in [0.717, 1.165) is 18.9 Å². The lowest BCUT2D eigenvalue weighted by Gasteiger charge is -2.19. The first-order chi connectivity index (χ1) is 8.81. The van der Waals surface area contributed by atoms with Gasteiger partial charge in [-0.1, -0.05) is 13.8 Å². The van der Waals surface area contributed by atoms with Crippen LogP contribution in [0.25, 0.3) is 0 Å². The van der Waals surface area contributed by atoms with E-state index in [1.165, 1.54) is 6.20 Å². The highest BCUT2D eigenvalue weighted by molar-refractivity contribution is 7.89. The highest BCUT2D eigenvalue weighted by Crippen LogP contribution is 2.32. The molecule has 106 valence electrons. The second-order valence-electron chi connectivity index (χ2n) is 5.20. The minimum atomic E-state index is -3.66. The van der Waals surface area contributed by atoms with Crippen LogP contribution in [-0.2, 0) is 10.0 Å². The topological polar surface area (TPSA) is 99.3 Å². The molecular weight excluding hydrogens is 268 g/mol. The van der Waals surface area contributed by atoms with Crippen LogP contribution >= 0.6 is 0 Å². The van der Waals surface area contributed by atoms with E-state index in [-0.39, 0.29) is 22.5 Å².